The minimum absolute atomic E-state index is 0.0891. The Morgan fingerprint density at radius 3 is 2.74 bits per heavy atom. The molecule has 2 N–H and O–H groups in total. The van der Waals surface area contributed by atoms with Crippen LogP contribution in [0.15, 0.2) is 66.0 Å². The molecule has 8 heteroatoms. The van der Waals surface area contributed by atoms with Gasteiger partial charge in [0, 0.05) is 28.9 Å². The highest BCUT2D eigenvalue weighted by Crippen LogP contribution is 2.43. The second-order valence-corrected chi connectivity index (χ2v) is 8.20. The lowest BCUT2D eigenvalue weighted by atomic mass is 9.85. The largest absolute Gasteiger partial charge is 0.496 e. The van der Waals surface area contributed by atoms with E-state index in [-0.39, 0.29) is 11.7 Å². The molecule has 0 bridgehead atoms. The Hall–Kier alpha value is -4.07. The van der Waals surface area contributed by atoms with Crippen LogP contribution in [-0.4, -0.2) is 35.2 Å². The van der Waals surface area contributed by atoms with Crippen molar-refractivity contribution in [1.29, 1.82) is 0 Å². The minimum Gasteiger partial charge on any atom is -0.496 e. The highest BCUT2D eigenvalue weighted by Gasteiger charge is 2.38. The molecule has 0 fully saturated rings. The summed E-state index contributed by atoms with van der Waals surface area (Å²) in [6, 6.07) is 14.4. The van der Waals surface area contributed by atoms with Crippen molar-refractivity contribution in [2.45, 2.75) is 32.2 Å². The molecule has 2 heterocycles. The number of carbonyl (C=O) groups is 2. The lowest BCUT2D eigenvalue weighted by Gasteiger charge is -2.34. The first kappa shape index (κ1) is 21.8. The fraction of sp³-hybridized carbons (Fsp3) is 0.269. The molecule has 0 radical (unpaired) electrons. The number of nitrogens with one attached hydrogen (secondary N) is 2. The lowest BCUT2D eigenvalue weighted by Crippen LogP contribution is -2.32. The van der Waals surface area contributed by atoms with Crippen molar-refractivity contribution in [3.63, 3.8) is 0 Å². The Labute approximate surface area is 197 Å². The number of hydrogen-bond donors (Lipinski definition) is 2. The van der Waals surface area contributed by atoms with Gasteiger partial charge in [-0.15, -0.1) is 0 Å². The van der Waals surface area contributed by atoms with Crippen LogP contribution in [0.25, 0.3) is 0 Å². The van der Waals surface area contributed by atoms with Crippen molar-refractivity contribution in [3.05, 3.63) is 77.1 Å². The second kappa shape index (κ2) is 9.05. The first-order valence-electron chi connectivity index (χ1n) is 11.4. The van der Waals surface area contributed by atoms with Crippen LogP contribution in [0.1, 0.15) is 48.1 Å². The van der Waals surface area contributed by atoms with Crippen molar-refractivity contribution in [2.75, 3.05) is 24.4 Å². The smallest absolute Gasteiger partial charge is 0.261 e. The zero-order valence-electron chi connectivity index (χ0n) is 19.1. The van der Waals surface area contributed by atoms with E-state index in [2.05, 4.69) is 15.7 Å². The number of allylic oxidation sites excluding steroid dienone is 2. The van der Waals surface area contributed by atoms with Crippen molar-refractivity contribution < 1.29 is 19.1 Å². The summed E-state index contributed by atoms with van der Waals surface area (Å²) in [5, 5.41) is 10.8. The number of benzene rings is 2. The standard InChI is InChI=1S/C26H26N4O4/c1-3-34-17-13-11-16(12-14-17)28-26(32)19-15-27-30-24(18-7-4-5-10-22(18)33-2)23-20(29-25(19)30)8-6-9-21(23)31/h4-5,7,10-15,24,29H,3,6,8-9H2,1-2H3,(H,28,32)/t24-/m0/s1. The zero-order chi connectivity index (χ0) is 23.7. The average Bonchev–Trinajstić information content (AvgIpc) is 3.28. The minimum atomic E-state index is -0.470. The number of hydrogen-bond acceptors (Lipinski definition) is 6. The molecule has 1 aliphatic carbocycles. The molecule has 1 amide bonds. The maximum atomic E-state index is 13.2. The number of para-hydroxylation sites is 1. The molecule has 2 aliphatic rings. The molecule has 1 aromatic heterocycles. The maximum Gasteiger partial charge on any atom is 0.261 e. The number of Topliss-reactive ketones (excluding diaryl/α,β-unsaturated/α-hetero) is 1. The third kappa shape index (κ3) is 3.81. The number of rotatable bonds is 6. The van der Waals surface area contributed by atoms with Crippen molar-refractivity contribution in [1.82, 2.24) is 9.78 Å². The Kier molecular flexibility index (Phi) is 5.79. The van der Waals surface area contributed by atoms with Gasteiger partial charge in [0.05, 0.1) is 19.9 Å². The first-order valence-corrected chi connectivity index (χ1v) is 11.4. The number of anilines is 2. The molecule has 0 spiro atoms. The van der Waals surface area contributed by atoms with E-state index in [1.165, 1.54) is 6.20 Å². The van der Waals surface area contributed by atoms with Gasteiger partial charge in [-0.3, -0.25) is 9.59 Å². The molecule has 8 nitrogen and oxygen atoms in total. The van der Waals surface area contributed by atoms with Crippen LogP contribution in [0.3, 0.4) is 0 Å². The number of methoxy groups -OCH3 is 1. The molecular formula is C26H26N4O4. The van der Waals surface area contributed by atoms with E-state index >= 15 is 0 Å². The maximum absolute atomic E-state index is 13.2. The van der Waals surface area contributed by atoms with E-state index in [0.29, 0.717) is 41.4 Å². The zero-order valence-corrected chi connectivity index (χ0v) is 19.1. The topological polar surface area (TPSA) is 94.5 Å². The Morgan fingerprint density at radius 2 is 1.97 bits per heavy atom. The third-order valence-electron chi connectivity index (χ3n) is 6.14. The van der Waals surface area contributed by atoms with Crippen LogP contribution >= 0.6 is 0 Å². The first-order chi connectivity index (χ1) is 16.6. The van der Waals surface area contributed by atoms with Gasteiger partial charge in [-0.1, -0.05) is 18.2 Å². The summed E-state index contributed by atoms with van der Waals surface area (Å²) in [4.78, 5) is 26.2. The number of amides is 1. The molecule has 5 rings (SSSR count). The fourth-order valence-corrected chi connectivity index (χ4v) is 4.60. The Bertz CT molecular complexity index is 1280. The van der Waals surface area contributed by atoms with Crippen LogP contribution < -0.4 is 20.1 Å². The van der Waals surface area contributed by atoms with E-state index in [1.54, 1.807) is 23.9 Å². The van der Waals surface area contributed by atoms with Crippen LogP contribution in [0.2, 0.25) is 0 Å². The summed E-state index contributed by atoms with van der Waals surface area (Å²) in [5.41, 5.74) is 3.41. The molecule has 174 valence electrons. The predicted molar refractivity (Wildman–Crippen MR) is 128 cm³/mol. The van der Waals surface area contributed by atoms with Crippen LogP contribution in [-0.2, 0) is 4.79 Å². The molecule has 34 heavy (non-hydrogen) atoms. The van der Waals surface area contributed by atoms with Gasteiger partial charge in [0.15, 0.2) is 5.78 Å². The molecular weight excluding hydrogens is 432 g/mol. The van der Waals surface area contributed by atoms with Crippen LogP contribution in [0.4, 0.5) is 11.5 Å². The van der Waals surface area contributed by atoms with E-state index in [4.69, 9.17) is 9.47 Å². The van der Waals surface area contributed by atoms with Crippen molar-refractivity contribution in [2.24, 2.45) is 0 Å². The third-order valence-corrected chi connectivity index (χ3v) is 6.14. The quantitative estimate of drug-likeness (QED) is 0.562. The number of ether oxygens (including phenoxy) is 2. The fourth-order valence-electron chi connectivity index (χ4n) is 4.60. The summed E-state index contributed by atoms with van der Waals surface area (Å²) < 4.78 is 12.8. The Morgan fingerprint density at radius 1 is 1.18 bits per heavy atom. The van der Waals surface area contributed by atoms with E-state index in [9.17, 15) is 9.59 Å². The van der Waals surface area contributed by atoms with Gasteiger partial charge in [0.25, 0.3) is 5.91 Å². The summed E-state index contributed by atoms with van der Waals surface area (Å²) >= 11 is 0. The molecule has 1 aliphatic heterocycles. The van der Waals surface area contributed by atoms with Crippen LogP contribution in [0, 0.1) is 0 Å². The number of carbonyl (C=O) groups excluding carboxylic acids is 2. The van der Waals surface area contributed by atoms with Crippen LogP contribution in [0.5, 0.6) is 11.5 Å². The van der Waals surface area contributed by atoms with E-state index < -0.39 is 6.04 Å². The summed E-state index contributed by atoms with van der Waals surface area (Å²) in [6.07, 6.45) is 3.54. The molecule has 0 saturated heterocycles. The van der Waals surface area contributed by atoms with Gasteiger partial charge >= 0.3 is 0 Å². The van der Waals surface area contributed by atoms with E-state index in [0.717, 1.165) is 29.9 Å². The van der Waals surface area contributed by atoms with Gasteiger partial charge in [-0.25, -0.2) is 4.68 Å². The second-order valence-electron chi connectivity index (χ2n) is 8.20. The van der Waals surface area contributed by atoms with Gasteiger partial charge in [0.1, 0.15) is 28.9 Å². The van der Waals surface area contributed by atoms with Crippen molar-refractivity contribution in [3.8, 4) is 11.5 Å². The highest BCUT2D eigenvalue weighted by molar-refractivity contribution is 6.08. The molecule has 2 aromatic carbocycles. The molecule has 0 unspecified atom stereocenters. The Balaban J connectivity index is 1.53. The summed E-state index contributed by atoms with van der Waals surface area (Å²) in [5.74, 6) is 1.77. The van der Waals surface area contributed by atoms with Gasteiger partial charge in [-0.05, 0) is 50.1 Å². The number of nitrogens with zero attached hydrogens (tertiary/aromatic N) is 2. The monoisotopic (exact) mass is 458 g/mol. The number of aromatic nitrogens is 2. The van der Waals surface area contributed by atoms with E-state index in [1.807, 2.05) is 43.3 Å². The number of ketones is 1. The normalized spacial score (nSPS) is 16.9. The number of fused-ring (bicyclic) bond motifs is 1. The van der Waals surface area contributed by atoms with Crippen molar-refractivity contribution >= 4 is 23.2 Å². The SMILES string of the molecule is CCOc1ccc(NC(=O)c2cnn3c2NC2=C(C(=O)CCC2)[C@@H]3c2ccccc2OC)cc1. The molecule has 0 saturated carbocycles. The highest BCUT2D eigenvalue weighted by atomic mass is 16.5. The summed E-state index contributed by atoms with van der Waals surface area (Å²) in [6.45, 7) is 2.50. The average molecular weight is 459 g/mol. The summed E-state index contributed by atoms with van der Waals surface area (Å²) in [7, 11) is 1.61. The molecule has 1 atom stereocenters. The van der Waals surface area contributed by atoms with Gasteiger partial charge in [-0.2, -0.15) is 5.10 Å². The molecule has 3 aromatic rings. The van der Waals surface area contributed by atoms with Gasteiger partial charge in [0.2, 0.25) is 0 Å². The van der Waals surface area contributed by atoms with Gasteiger partial charge < -0.3 is 20.1 Å². The lowest BCUT2D eigenvalue weighted by molar-refractivity contribution is -0.116. The predicted octanol–water partition coefficient (Wildman–Crippen LogP) is 4.56.